The van der Waals surface area contributed by atoms with Crippen molar-refractivity contribution < 1.29 is 13.2 Å². The molecule has 0 fully saturated rings. The predicted octanol–water partition coefficient (Wildman–Crippen LogP) is 3.79. The molecular formula is C10H11BrF3NS. The number of benzene rings is 1. The summed E-state index contributed by atoms with van der Waals surface area (Å²) in [4.78, 5) is 0. The van der Waals surface area contributed by atoms with Crippen molar-refractivity contribution in [2.75, 3.05) is 12.3 Å². The molecule has 1 rings (SSSR count). The van der Waals surface area contributed by atoms with Crippen LogP contribution in [-0.4, -0.2) is 17.8 Å². The number of nitrogens with one attached hydrogen (secondary N) is 1. The van der Waals surface area contributed by atoms with Gasteiger partial charge in [-0.05, 0) is 29.5 Å². The molecule has 0 heterocycles. The van der Waals surface area contributed by atoms with Crippen molar-refractivity contribution in [3.63, 3.8) is 0 Å². The lowest BCUT2D eigenvalue weighted by Gasteiger charge is -2.07. The van der Waals surface area contributed by atoms with Gasteiger partial charge in [0.15, 0.2) is 0 Å². The zero-order chi connectivity index (χ0) is 12.0. The van der Waals surface area contributed by atoms with Gasteiger partial charge in [-0.2, -0.15) is 13.2 Å². The summed E-state index contributed by atoms with van der Waals surface area (Å²) in [5.74, 6) is 0.0392. The average Bonchev–Trinajstić information content (AvgIpc) is 2.15. The second-order valence-electron chi connectivity index (χ2n) is 3.10. The maximum atomic E-state index is 11.8. The van der Waals surface area contributed by atoms with Gasteiger partial charge in [0.25, 0.3) is 0 Å². The molecule has 1 aromatic rings. The van der Waals surface area contributed by atoms with E-state index in [2.05, 4.69) is 21.2 Å². The van der Waals surface area contributed by atoms with Crippen molar-refractivity contribution in [3.05, 3.63) is 34.3 Å². The average molecular weight is 314 g/mol. The highest BCUT2D eigenvalue weighted by atomic mass is 79.9. The van der Waals surface area contributed by atoms with E-state index < -0.39 is 5.51 Å². The Kier molecular flexibility index (Phi) is 5.64. The van der Waals surface area contributed by atoms with Gasteiger partial charge >= 0.3 is 5.51 Å². The summed E-state index contributed by atoms with van der Waals surface area (Å²) >= 11 is 3.33. The molecule has 6 heteroatoms. The van der Waals surface area contributed by atoms with Crippen molar-refractivity contribution in [2.24, 2.45) is 0 Å². The van der Waals surface area contributed by atoms with E-state index in [1.165, 1.54) is 0 Å². The Balaban J connectivity index is 2.17. The molecule has 0 saturated carbocycles. The molecule has 0 atom stereocenters. The Labute approximate surface area is 105 Å². The fourth-order valence-electron chi connectivity index (χ4n) is 1.12. The molecule has 0 aliphatic carbocycles. The van der Waals surface area contributed by atoms with Crippen molar-refractivity contribution in [3.8, 4) is 0 Å². The largest absolute Gasteiger partial charge is 0.441 e. The van der Waals surface area contributed by atoms with Crippen LogP contribution in [0.25, 0.3) is 0 Å². The highest BCUT2D eigenvalue weighted by Gasteiger charge is 2.27. The van der Waals surface area contributed by atoms with Crippen LogP contribution in [0.15, 0.2) is 28.7 Å². The number of thioether (sulfide) groups is 1. The van der Waals surface area contributed by atoms with Crippen molar-refractivity contribution in [1.29, 1.82) is 0 Å². The van der Waals surface area contributed by atoms with Crippen LogP contribution in [0.4, 0.5) is 13.2 Å². The minimum atomic E-state index is -4.13. The lowest BCUT2D eigenvalue weighted by Crippen LogP contribution is -2.18. The number of rotatable bonds is 5. The van der Waals surface area contributed by atoms with E-state index in [1.54, 1.807) is 0 Å². The number of alkyl halides is 3. The zero-order valence-corrected chi connectivity index (χ0v) is 10.8. The quantitative estimate of drug-likeness (QED) is 0.830. The second kappa shape index (κ2) is 6.51. The summed E-state index contributed by atoms with van der Waals surface area (Å²) in [5, 5.41) is 2.96. The van der Waals surface area contributed by atoms with Gasteiger partial charge < -0.3 is 5.32 Å². The number of halogens is 4. The molecule has 1 nitrogen and oxygen atoms in total. The molecular weight excluding hydrogens is 303 g/mol. The fourth-order valence-corrected chi connectivity index (χ4v) is 2.04. The molecule has 0 radical (unpaired) electrons. The number of hydrogen-bond donors (Lipinski definition) is 1. The SMILES string of the molecule is FC(F)(F)SCCNCc1cccc(Br)c1. The van der Waals surface area contributed by atoms with Crippen LogP contribution in [0.2, 0.25) is 0 Å². The van der Waals surface area contributed by atoms with Crippen molar-refractivity contribution in [1.82, 2.24) is 5.32 Å². The van der Waals surface area contributed by atoms with E-state index >= 15 is 0 Å². The third-order valence-electron chi connectivity index (χ3n) is 1.76. The molecule has 90 valence electrons. The fraction of sp³-hybridized carbons (Fsp3) is 0.400. The highest BCUT2D eigenvalue weighted by molar-refractivity contribution is 9.10. The Bertz CT molecular complexity index is 330. The Morgan fingerprint density at radius 1 is 1.31 bits per heavy atom. The van der Waals surface area contributed by atoms with Gasteiger partial charge in [0.1, 0.15) is 0 Å². The molecule has 0 saturated heterocycles. The van der Waals surface area contributed by atoms with E-state index in [0.717, 1.165) is 10.0 Å². The molecule has 0 aromatic heterocycles. The second-order valence-corrected chi connectivity index (χ2v) is 5.18. The zero-order valence-electron chi connectivity index (χ0n) is 8.35. The van der Waals surface area contributed by atoms with E-state index in [1.807, 2.05) is 24.3 Å². The smallest absolute Gasteiger partial charge is 0.312 e. The molecule has 16 heavy (non-hydrogen) atoms. The third-order valence-corrected chi connectivity index (χ3v) is 2.99. The van der Waals surface area contributed by atoms with Crippen LogP contribution in [0, 0.1) is 0 Å². The summed E-state index contributed by atoms with van der Waals surface area (Å²) < 4.78 is 36.3. The molecule has 1 aromatic carbocycles. The topological polar surface area (TPSA) is 12.0 Å². The first-order valence-corrected chi connectivity index (χ1v) is 6.41. The standard InChI is InChI=1S/C10H11BrF3NS/c11-9-3-1-2-8(6-9)7-15-4-5-16-10(12,13)14/h1-3,6,15H,4-5,7H2. The number of hydrogen-bond acceptors (Lipinski definition) is 2. The first-order valence-electron chi connectivity index (χ1n) is 4.63. The minimum Gasteiger partial charge on any atom is -0.312 e. The summed E-state index contributed by atoms with van der Waals surface area (Å²) in [7, 11) is 0. The van der Waals surface area contributed by atoms with Gasteiger partial charge in [-0.25, -0.2) is 0 Å². The molecule has 0 amide bonds. The molecule has 0 unspecified atom stereocenters. The summed E-state index contributed by atoms with van der Waals surface area (Å²) in [5.41, 5.74) is -3.08. The van der Waals surface area contributed by atoms with Crippen LogP contribution in [0.3, 0.4) is 0 Å². The van der Waals surface area contributed by atoms with Crippen LogP contribution in [0.1, 0.15) is 5.56 Å². The van der Waals surface area contributed by atoms with E-state index in [0.29, 0.717) is 13.1 Å². The molecule has 0 aliphatic heterocycles. The lowest BCUT2D eigenvalue weighted by atomic mass is 10.2. The maximum Gasteiger partial charge on any atom is 0.441 e. The first-order chi connectivity index (χ1) is 7.47. The Morgan fingerprint density at radius 3 is 2.69 bits per heavy atom. The molecule has 1 N–H and O–H groups in total. The van der Waals surface area contributed by atoms with Gasteiger partial charge in [-0.3, -0.25) is 0 Å². The molecule has 0 aliphatic rings. The Morgan fingerprint density at radius 2 is 2.06 bits per heavy atom. The summed E-state index contributed by atoms with van der Waals surface area (Å²) in [6.45, 7) is 0.925. The van der Waals surface area contributed by atoms with E-state index in [-0.39, 0.29) is 17.5 Å². The summed E-state index contributed by atoms with van der Waals surface area (Å²) in [6.07, 6.45) is 0. The van der Waals surface area contributed by atoms with Crippen LogP contribution < -0.4 is 5.32 Å². The van der Waals surface area contributed by atoms with Crippen LogP contribution in [0.5, 0.6) is 0 Å². The monoisotopic (exact) mass is 313 g/mol. The van der Waals surface area contributed by atoms with Gasteiger partial charge in [-0.1, -0.05) is 28.1 Å². The lowest BCUT2D eigenvalue weighted by molar-refractivity contribution is -0.0327. The van der Waals surface area contributed by atoms with E-state index in [9.17, 15) is 13.2 Å². The molecule has 0 spiro atoms. The van der Waals surface area contributed by atoms with Crippen molar-refractivity contribution in [2.45, 2.75) is 12.1 Å². The van der Waals surface area contributed by atoms with Gasteiger partial charge in [0.2, 0.25) is 0 Å². The van der Waals surface area contributed by atoms with Gasteiger partial charge in [0.05, 0.1) is 0 Å². The van der Waals surface area contributed by atoms with Crippen molar-refractivity contribution >= 4 is 27.7 Å². The van der Waals surface area contributed by atoms with Crippen LogP contribution >= 0.6 is 27.7 Å². The van der Waals surface area contributed by atoms with Gasteiger partial charge in [-0.15, -0.1) is 0 Å². The predicted molar refractivity (Wildman–Crippen MR) is 64.4 cm³/mol. The minimum absolute atomic E-state index is 0.000101. The van der Waals surface area contributed by atoms with Gasteiger partial charge in [0, 0.05) is 23.3 Å². The van der Waals surface area contributed by atoms with Crippen LogP contribution in [-0.2, 0) is 6.54 Å². The third kappa shape index (κ3) is 6.40. The molecule has 0 bridgehead atoms. The maximum absolute atomic E-state index is 11.8. The first kappa shape index (κ1) is 13.9. The highest BCUT2D eigenvalue weighted by Crippen LogP contribution is 2.29. The Hall–Kier alpha value is -0.200. The normalized spacial score (nSPS) is 11.8. The van der Waals surface area contributed by atoms with E-state index in [4.69, 9.17) is 0 Å². The summed E-state index contributed by atoms with van der Waals surface area (Å²) in [6, 6.07) is 7.66.